The van der Waals surface area contributed by atoms with Gasteiger partial charge in [0.1, 0.15) is 23.4 Å². The van der Waals surface area contributed by atoms with Crippen LogP contribution in [0.15, 0.2) is 36.7 Å². The molecule has 0 aromatic carbocycles. The van der Waals surface area contributed by atoms with E-state index >= 15 is 0 Å². The van der Waals surface area contributed by atoms with Gasteiger partial charge >= 0.3 is 0 Å². The SMILES string of the molecule is N#Cc1ccc(C(=O)Nc2ccc(F)cn2)nc1. The summed E-state index contributed by atoms with van der Waals surface area (Å²) in [4.78, 5) is 19.2. The van der Waals surface area contributed by atoms with Crippen molar-refractivity contribution in [2.75, 3.05) is 5.32 Å². The lowest BCUT2D eigenvalue weighted by atomic mass is 10.2. The van der Waals surface area contributed by atoms with Crippen molar-refractivity contribution >= 4 is 11.7 Å². The number of amides is 1. The average molecular weight is 242 g/mol. The molecule has 2 aromatic heterocycles. The lowest BCUT2D eigenvalue weighted by molar-refractivity contribution is 0.102. The van der Waals surface area contributed by atoms with Crippen LogP contribution in [-0.4, -0.2) is 15.9 Å². The number of carbonyl (C=O) groups excluding carboxylic acids is 1. The van der Waals surface area contributed by atoms with Crippen LogP contribution >= 0.6 is 0 Å². The minimum absolute atomic E-state index is 0.153. The summed E-state index contributed by atoms with van der Waals surface area (Å²) in [5.74, 6) is -0.726. The molecule has 88 valence electrons. The maximum absolute atomic E-state index is 12.6. The molecule has 0 spiro atoms. The molecular weight excluding hydrogens is 235 g/mol. The van der Waals surface area contributed by atoms with Gasteiger partial charge in [-0.2, -0.15) is 5.26 Å². The van der Waals surface area contributed by atoms with E-state index < -0.39 is 11.7 Å². The first-order valence-corrected chi connectivity index (χ1v) is 4.98. The van der Waals surface area contributed by atoms with Crippen LogP contribution < -0.4 is 5.32 Å². The van der Waals surface area contributed by atoms with E-state index in [4.69, 9.17) is 5.26 Å². The van der Waals surface area contributed by atoms with Crippen molar-refractivity contribution in [3.63, 3.8) is 0 Å². The molecule has 0 aliphatic rings. The van der Waals surface area contributed by atoms with Crippen molar-refractivity contribution in [1.29, 1.82) is 5.26 Å². The molecule has 0 radical (unpaired) electrons. The molecule has 18 heavy (non-hydrogen) atoms. The Morgan fingerprint density at radius 2 is 2.06 bits per heavy atom. The predicted octanol–water partition coefficient (Wildman–Crippen LogP) is 1.74. The molecule has 0 saturated carbocycles. The number of nitrogens with zero attached hydrogens (tertiary/aromatic N) is 3. The summed E-state index contributed by atoms with van der Waals surface area (Å²) >= 11 is 0. The summed E-state index contributed by atoms with van der Waals surface area (Å²) in [6.07, 6.45) is 2.30. The Balaban J connectivity index is 2.12. The Labute approximate surface area is 102 Å². The van der Waals surface area contributed by atoms with Gasteiger partial charge in [0, 0.05) is 6.20 Å². The third kappa shape index (κ3) is 2.65. The largest absolute Gasteiger partial charge is 0.305 e. The van der Waals surface area contributed by atoms with Crippen molar-refractivity contribution < 1.29 is 9.18 Å². The van der Waals surface area contributed by atoms with Gasteiger partial charge in [0.2, 0.25) is 0 Å². The molecule has 0 bridgehead atoms. The molecule has 1 amide bonds. The van der Waals surface area contributed by atoms with Crippen LogP contribution in [0.1, 0.15) is 16.1 Å². The molecule has 2 heterocycles. The second kappa shape index (κ2) is 5.01. The van der Waals surface area contributed by atoms with E-state index in [1.165, 1.54) is 30.5 Å². The van der Waals surface area contributed by atoms with E-state index in [9.17, 15) is 9.18 Å². The number of aromatic nitrogens is 2. The van der Waals surface area contributed by atoms with Crippen molar-refractivity contribution in [1.82, 2.24) is 9.97 Å². The summed E-state index contributed by atoms with van der Waals surface area (Å²) in [7, 11) is 0. The molecule has 6 heteroatoms. The smallest absolute Gasteiger partial charge is 0.275 e. The highest BCUT2D eigenvalue weighted by Gasteiger charge is 2.08. The maximum atomic E-state index is 12.6. The minimum Gasteiger partial charge on any atom is -0.305 e. The van der Waals surface area contributed by atoms with Crippen LogP contribution in [0.3, 0.4) is 0 Å². The molecule has 0 saturated heterocycles. The molecule has 5 nitrogen and oxygen atoms in total. The molecule has 2 aromatic rings. The number of nitrogens with one attached hydrogen (secondary N) is 1. The minimum atomic E-state index is -0.482. The van der Waals surface area contributed by atoms with Crippen LogP contribution in [0.5, 0.6) is 0 Å². The van der Waals surface area contributed by atoms with Gasteiger partial charge in [0.25, 0.3) is 5.91 Å². The van der Waals surface area contributed by atoms with Crippen molar-refractivity contribution in [2.24, 2.45) is 0 Å². The molecular formula is C12H7FN4O. The van der Waals surface area contributed by atoms with E-state index in [0.29, 0.717) is 5.56 Å². The van der Waals surface area contributed by atoms with Crippen LogP contribution in [0.4, 0.5) is 10.2 Å². The molecule has 2 rings (SSSR count). The Bertz CT molecular complexity index is 601. The van der Waals surface area contributed by atoms with Gasteiger partial charge in [-0.1, -0.05) is 0 Å². The zero-order valence-electron chi connectivity index (χ0n) is 9.09. The summed E-state index contributed by atoms with van der Waals surface area (Å²) in [5, 5.41) is 11.1. The topological polar surface area (TPSA) is 78.7 Å². The van der Waals surface area contributed by atoms with Crippen LogP contribution in [-0.2, 0) is 0 Å². The maximum Gasteiger partial charge on any atom is 0.275 e. The molecule has 0 unspecified atom stereocenters. The number of carbonyl (C=O) groups is 1. The number of pyridine rings is 2. The normalized spacial score (nSPS) is 9.56. The lowest BCUT2D eigenvalue weighted by Gasteiger charge is -2.03. The monoisotopic (exact) mass is 242 g/mol. The van der Waals surface area contributed by atoms with E-state index in [-0.39, 0.29) is 11.5 Å². The summed E-state index contributed by atoms with van der Waals surface area (Å²) in [6.45, 7) is 0. The number of halogens is 1. The lowest BCUT2D eigenvalue weighted by Crippen LogP contribution is -2.14. The fraction of sp³-hybridized carbons (Fsp3) is 0. The predicted molar refractivity (Wildman–Crippen MR) is 61.1 cm³/mol. The Morgan fingerprint density at radius 1 is 1.22 bits per heavy atom. The summed E-state index contributed by atoms with van der Waals surface area (Å²) in [6, 6.07) is 7.35. The van der Waals surface area contributed by atoms with Crippen molar-refractivity contribution in [2.45, 2.75) is 0 Å². The van der Waals surface area contributed by atoms with Crippen LogP contribution in [0, 0.1) is 17.1 Å². The fourth-order valence-corrected chi connectivity index (χ4v) is 1.22. The third-order valence-corrected chi connectivity index (χ3v) is 2.09. The first-order valence-electron chi connectivity index (χ1n) is 4.98. The highest BCUT2D eigenvalue weighted by atomic mass is 19.1. The van der Waals surface area contributed by atoms with E-state index in [1.807, 2.05) is 6.07 Å². The van der Waals surface area contributed by atoms with Gasteiger partial charge in [0.15, 0.2) is 0 Å². The molecule has 1 N–H and O–H groups in total. The number of hydrogen-bond acceptors (Lipinski definition) is 4. The Morgan fingerprint density at radius 3 is 2.61 bits per heavy atom. The number of rotatable bonds is 2. The van der Waals surface area contributed by atoms with E-state index in [1.54, 1.807) is 0 Å². The standard InChI is InChI=1S/C12H7FN4O/c13-9-2-4-11(16-7-9)17-12(18)10-3-1-8(5-14)6-15-10/h1-4,6-7H,(H,16,17,18). The van der Waals surface area contributed by atoms with Gasteiger partial charge in [-0.15, -0.1) is 0 Å². The molecule has 0 fully saturated rings. The van der Waals surface area contributed by atoms with Gasteiger partial charge < -0.3 is 5.32 Å². The average Bonchev–Trinajstić information content (AvgIpc) is 2.41. The number of anilines is 1. The second-order valence-electron chi connectivity index (χ2n) is 3.36. The van der Waals surface area contributed by atoms with Crippen molar-refractivity contribution in [3.05, 3.63) is 53.7 Å². The van der Waals surface area contributed by atoms with E-state index in [0.717, 1.165) is 6.20 Å². The first-order chi connectivity index (χ1) is 8.69. The zero-order valence-corrected chi connectivity index (χ0v) is 9.09. The first kappa shape index (κ1) is 11.7. The molecule has 0 atom stereocenters. The summed E-state index contributed by atoms with van der Waals surface area (Å²) < 4.78 is 12.6. The fourth-order valence-electron chi connectivity index (χ4n) is 1.22. The number of nitriles is 1. The Hall–Kier alpha value is -2.81. The van der Waals surface area contributed by atoms with Crippen LogP contribution in [0.2, 0.25) is 0 Å². The quantitative estimate of drug-likeness (QED) is 0.869. The van der Waals surface area contributed by atoms with Gasteiger partial charge in [-0.3, -0.25) is 4.79 Å². The second-order valence-corrected chi connectivity index (χ2v) is 3.36. The van der Waals surface area contributed by atoms with Crippen molar-refractivity contribution in [3.8, 4) is 6.07 Å². The summed E-state index contributed by atoms with van der Waals surface area (Å²) in [5.41, 5.74) is 0.520. The van der Waals surface area contributed by atoms with Gasteiger partial charge in [-0.25, -0.2) is 14.4 Å². The zero-order chi connectivity index (χ0) is 13.0. The molecule has 0 aliphatic heterocycles. The number of hydrogen-bond donors (Lipinski definition) is 1. The highest BCUT2D eigenvalue weighted by Crippen LogP contribution is 2.06. The Kier molecular flexibility index (Phi) is 3.25. The van der Waals surface area contributed by atoms with E-state index in [2.05, 4.69) is 15.3 Å². The van der Waals surface area contributed by atoms with Gasteiger partial charge in [0.05, 0.1) is 11.8 Å². The van der Waals surface area contributed by atoms with Crippen LogP contribution in [0.25, 0.3) is 0 Å². The van der Waals surface area contributed by atoms with Gasteiger partial charge in [-0.05, 0) is 24.3 Å². The highest BCUT2D eigenvalue weighted by molar-refractivity contribution is 6.02. The third-order valence-electron chi connectivity index (χ3n) is 2.09. The molecule has 0 aliphatic carbocycles.